The Morgan fingerprint density at radius 1 is 1.28 bits per heavy atom. The first-order valence-electron chi connectivity index (χ1n) is 8.76. The van der Waals surface area contributed by atoms with E-state index in [-0.39, 0.29) is 11.2 Å². The molecule has 10 nitrogen and oxygen atoms in total. The van der Waals surface area contributed by atoms with Crippen molar-refractivity contribution in [1.82, 2.24) is 24.1 Å². The number of hydrogen-bond donors (Lipinski definition) is 3. The van der Waals surface area contributed by atoms with Crippen LogP contribution in [0, 0.1) is 6.92 Å². The van der Waals surface area contributed by atoms with Crippen LogP contribution in [-0.4, -0.2) is 49.4 Å². The number of aromatic nitrogens is 5. The molecule has 0 fully saturated rings. The Balaban J connectivity index is 1.72. The van der Waals surface area contributed by atoms with E-state index in [1.165, 1.54) is 10.7 Å². The summed E-state index contributed by atoms with van der Waals surface area (Å²) < 4.78 is 8.85. The van der Waals surface area contributed by atoms with E-state index in [1.54, 1.807) is 26.6 Å². The quantitative estimate of drug-likeness (QED) is 0.458. The van der Waals surface area contributed by atoms with Gasteiger partial charge >= 0.3 is 5.97 Å². The second-order valence-electron chi connectivity index (χ2n) is 6.31. The molecule has 0 aliphatic carbocycles. The van der Waals surface area contributed by atoms with E-state index in [0.717, 1.165) is 17.1 Å². The summed E-state index contributed by atoms with van der Waals surface area (Å²) in [7, 11) is 3.33. The van der Waals surface area contributed by atoms with Crippen molar-refractivity contribution in [2.45, 2.75) is 6.92 Å². The number of carbonyl (C=O) groups is 1. The summed E-state index contributed by atoms with van der Waals surface area (Å²) in [5.74, 6) is 0.631. The summed E-state index contributed by atoms with van der Waals surface area (Å²) in [5, 5.41) is 19.6. The summed E-state index contributed by atoms with van der Waals surface area (Å²) in [6, 6.07) is 7.36. The minimum atomic E-state index is -1.09. The number of carboxylic acid groups (broad SMARTS) is 1. The van der Waals surface area contributed by atoms with Crippen LogP contribution >= 0.6 is 0 Å². The highest BCUT2D eigenvalue weighted by Crippen LogP contribution is 2.29. The topological polar surface area (TPSA) is 119 Å². The number of aryl methyl sites for hydroxylation is 1. The van der Waals surface area contributed by atoms with Crippen LogP contribution in [0.25, 0.3) is 11.3 Å². The van der Waals surface area contributed by atoms with Crippen molar-refractivity contribution in [2.75, 3.05) is 24.8 Å². The standard InChI is InChI=1S/C19H19N7O3/c1-11-9-25(10-21-11)14-5-4-12(6-15(14)29-3)23-16-7-17(20-2)26-18(24-16)13(8-22-26)19(27)28/h4-10,20H,1-3H3,(H,23,24)(H,27,28). The first kappa shape index (κ1) is 18.3. The number of benzene rings is 1. The van der Waals surface area contributed by atoms with Crippen LogP contribution in [0.2, 0.25) is 0 Å². The van der Waals surface area contributed by atoms with Gasteiger partial charge in [0.1, 0.15) is 22.9 Å². The number of ether oxygens (including phenoxy) is 1. The lowest BCUT2D eigenvalue weighted by Crippen LogP contribution is -2.06. The molecule has 0 aliphatic heterocycles. The lowest BCUT2D eigenvalue weighted by molar-refractivity contribution is 0.0699. The number of nitrogens with zero attached hydrogens (tertiary/aromatic N) is 5. The first-order valence-corrected chi connectivity index (χ1v) is 8.76. The zero-order chi connectivity index (χ0) is 20.5. The van der Waals surface area contributed by atoms with Crippen LogP contribution in [0.1, 0.15) is 16.1 Å². The van der Waals surface area contributed by atoms with Gasteiger partial charge in [0.15, 0.2) is 5.65 Å². The van der Waals surface area contributed by atoms with E-state index in [0.29, 0.717) is 17.4 Å². The van der Waals surface area contributed by atoms with E-state index in [9.17, 15) is 9.90 Å². The molecule has 0 bridgehead atoms. The molecular weight excluding hydrogens is 374 g/mol. The average Bonchev–Trinajstić information content (AvgIpc) is 3.33. The highest BCUT2D eigenvalue weighted by atomic mass is 16.5. The third-order valence-electron chi connectivity index (χ3n) is 4.40. The van der Waals surface area contributed by atoms with E-state index < -0.39 is 5.97 Å². The fourth-order valence-electron chi connectivity index (χ4n) is 3.03. The summed E-state index contributed by atoms with van der Waals surface area (Å²) in [6.07, 6.45) is 4.91. The molecule has 4 rings (SSSR count). The van der Waals surface area contributed by atoms with E-state index >= 15 is 0 Å². The van der Waals surface area contributed by atoms with Crippen LogP contribution in [0.5, 0.6) is 5.75 Å². The number of aromatic carboxylic acids is 1. The zero-order valence-corrected chi connectivity index (χ0v) is 16.0. The maximum atomic E-state index is 11.4. The highest BCUT2D eigenvalue weighted by Gasteiger charge is 2.16. The molecule has 0 saturated heterocycles. The predicted molar refractivity (Wildman–Crippen MR) is 108 cm³/mol. The SMILES string of the molecule is CNc1cc(Nc2ccc(-n3cnc(C)c3)c(OC)c2)nc2c(C(=O)O)cnn12. The van der Waals surface area contributed by atoms with Crippen LogP contribution in [0.15, 0.2) is 43.0 Å². The average molecular weight is 393 g/mol. The highest BCUT2D eigenvalue weighted by molar-refractivity contribution is 5.94. The normalized spacial score (nSPS) is 10.9. The van der Waals surface area contributed by atoms with Crippen molar-refractivity contribution in [3.8, 4) is 11.4 Å². The van der Waals surface area contributed by atoms with Gasteiger partial charge in [-0.15, -0.1) is 0 Å². The number of anilines is 3. The Labute approximate surface area is 165 Å². The third kappa shape index (κ3) is 3.31. The van der Waals surface area contributed by atoms with Crippen molar-refractivity contribution in [1.29, 1.82) is 0 Å². The van der Waals surface area contributed by atoms with Gasteiger partial charge in [0.05, 0.1) is 31.0 Å². The van der Waals surface area contributed by atoms with Gasteiger partial charge in [0.2, 0.25) is 0 Å². The Hall–Kier alpha value is -4.08. The largest absolute Gasteiger partial charge is 0.494 e. The van der Waals surface area contributed by atoms with Crippen molar-refractivity contribution in [3.05, 3.63) is 54.2 Å². The number of rotatable bonds is 6. The lowest BCUT2D eigenvalue weighted by Gasteiger charge is -2.13. The van der Waals surface area contributed by atoms with E-state index in [1.807, 2.05) is 35.9 Å². The van der Waals surface area contributed by atoms with E-state index in [2.05, 4.69) is 25.7 Å². The number of fused-ring (bicyclic) bond motifs is 1. The van der Waals surface area contributed by atoms with Gasteiger partial charge in [0.25, 0.3) is 0 Å². The molecule has 0 aliphatic rings. The van der Waals surface area contributed by atoms with Crippen molar-refractivity contribution in [2.24, 2.45) is 0 Å². The summed E-state index contributed by atoms with van der Waals surface area (Å²) >= 11 is 0. The number of nitrogens with one attached hydrogen (secondary N) is 2. The molecule has 29 heavy (non-hydrogen) atoms. The van der Waals surface area contributed by atoms with Crippen LogP contribution in [0.3, 0.4) is 0 Å². The molecular formula is C19H19N7O3. The van der Waals surface area contributed by atoms with Crippen LogP contribution in [0.4, 0.5) is 17.3 Å². The van der Waals surface area contributed by atoms with Crippen molar-refractivity contribution >= 4 is 28.9 Å². The second-order valence-corrected chi connectivity index (χ2v) is 6.31. The number of carboxylic acids is 1. The zero-order valence-electron chi connectivity index (χ0n) is 16.0. The minimum absolute atomic E-state index is 0.0218. The molecule has 3 N–H and O–H groups in total. The summed E-state index contributed by atoms with van der Waals surface area (Å²) in [4.78, 5) is 20.1. The van der Waals surface area contributed by atoms with Gasteiger partial charge in [0, 0.05) is 31.1 Å². The van der Waals surface area contributed by atoms with Gasteiger partial charge in [-0.05, 0) is 19.1 Å². The monoisotopic (exact) mass is 393 g/mol. The molecule has 0 atom stereocenters. The minimum Gasteiger partial charge on any atom is -0.494 e. The molecule has 4 aromatic rings. The number of hydrogen-bond acceptors (Lipinski definition) is 7. The van der Waals surface area contributed by atoms with Crippen molar-refractivity contribution < 1.29 is 14.6 Å². The number of imidazole rings is 1. The second kappa shape index (κ2) is 7.15. The molecule has 10 heteroatoms. The van der Waals surface area contributed by atoms with Crippen LogP contribution in [-0.2, 0) is 0 Å². The molecule has 3 heterocycles. The predicted octanol–water partition coefficient (Wildman–Crippen LogP) is 2.72. The first-order chi connectivity index (χ1) is 14.0. The molecule has 0 saturated carbocycles. The van der Waals surface area contributed by atoms with E-state index in [4.69, 9.17) is 4.74 Å². The molecule has 0 amide bonds. The molecule has 0 unspecified atom stereocenters. The maximum absolute atomic E-state index is 11.4. The Bertz CT molecular complexity index is 1210. The van der Waals surface area contributed by atoms with Crippen molar-refractivity contribution in [3.63, 3.8) is 0 Å². The summed E-state index contributed by atoms with van der Waals surface area (Å²) in [5.41, 5.74) is 2.75. The fourth-order valence-corrected chi connectivity index (χ4v) is 3.03. The smallest absolute Gasteiger partial charge is 0.341 e. The molecule has 148 valence electrons. The Morgan fingerprint density at radius 2 is 2.10 bits per heavy atom. The Kier molecular flexibility index (Phi) is 4.51. The molecule has 0 radical (unpaired) electrons. The fraction of sp³-hybridized carbons (Fsp3) is 0.158. The Morgan fingerprint density at radius 3 is 2.76 bits per heavy atom. The van der Waals surface area contributed by atoms with Gasteiger partial charge < -0.3 is 25.0 Å². The number of methoxy groups -OCH3 is 1. The van der Waals surface area contributed by atoms with Gasteiger partial charge in [-0.2, -0.15) is 9.61 Å². The van der Waals surface area contributed by atoms with Gasteiger partial charge in [-0.1, -0.05) is 0 Å². The maximum Gasteiger partial charge on any atom is 0.341 e. The van der Waals surface area contributed by atoms with Gasteiger partial charge in [-0.3, -0.25) is 0 Å². The molecule has 3 aromatic heterocycles. The summed E-state index contributed by atoms with van der Waals surface area (Å²) in [6.45, 7) is 1.92. The lowest BCUT2D eigenvalue weighted by atomic mass is 10.2. The third-order valence-corrected chi connectivity index (χ3v) is 4.40. The molecule has 1 aromatic carbocycles. The molecule has 0 spiro atoms. The van der Waals surface area contributed by atoms with Gasteiger partial charge in [-0.25, -0.2) is 14.8 Å². The van der Waals surface area contributed by atoms with Crippen LogP contribution < -0.4 is 15.4 Å².